The largest absolute Gasteiger partial charge is 0.495 e. The van der Waals surface area contributed by atoms with E-state index in [1.165, 1.54) is 43.0 Å². The molecule has 1 aromatic heterocycles. The number of hydrogen-bond donors (Lipinski definition) is 2. The van der Waals surface area contributed by atoms with E-state index in [0.29, 0.717) is 17.3 Å². The Bertz CT molecular complexity index is 684. The van der Waals surface area contributed by atoms with Crippen molar-refractivity contribution in [1.29, 1.82) is 0 Å². The van der Waals surface area contributed by atoms with Crippen molar-refractivity contribution >= 4 is 15.7 Å². The molecule has 0 saturated heterocycles. The normalized spacial score (nSPS) is 11.8. The van der Waals surface area contributed by atoms with Crippen LogP contribution in [0.4, 0.5) is 5.69 Å². The number of nitrogens with two attached hydrogens (primary N) is 1. The third kappa shape index (κ3) is 2.73. The molecule has 1 heterocycles. The number of nitrogens with one attached hydrogen (secondary N) is 1. The van der Waals surface area contributed by atoms with Gasteiger partial charge in [-0.2, -0.15) is 9.40 Å². The van der Waals surface area contributed by atoms with Crippen molar-refractivity contribution in [2.75, 3.05) is 19.9 Å². The fraction of sp³-hybridized carbons (Fsp3) is 0.273. The molecule has 0 spiro atoms. The lowest BCUT2D eigenvalue weighted by atomic mass is 10.3. The molecular weight excluding hydrogens is 282 g/mol. The molecule has 9 heteroatoms. The standard InChI is InChI=1S/C11H15N5O3S/c1-16(6-11-13-7-14-15-11)20(17,18)8-3-4-9(12)10(5-8)19-2/h3-5,7H,6,12H2,1-2H3,(H,13,14,15). The number of nitrogen functional groups attached to an aromatic ring is 1. The molecule has 0 atom stereocenters. The van der Waals surface area contributed by atoms with E-state index in [0.717, 1.165) is 0 Å². The van der Waals surface area contributed by atoms with Gasteiger partial charge >= 0.3 is 0 Å². The number of H-pyrrole nitrogens is 1. The van der Waals surface area contributed by atoms with Crippen LogP contribution in [0.2, 0.25) is 0 Å². The molecule has 3 N–H and O–H groups in total. The van der Waals surface area contributed by atoms with Gasteiger partial charge in [-0.05, 0) is 12.1 Å². The highest BCUT2D eigenvalue weighted by atomic mass is 32.2. The van der Waals surface area contributed by atoms with Gasteiger partial charge in [-0.1, -0.05) is 0 Å². The molecule has 0 unspecified atom stereocenters. The van der Waals surface area contributed by atoms with E-state index in [4.69, 9.17) is 10.5 Å². The van der Waals surface area contributed by atoms with Crippen LogP contribution < -0.4 is 10.5 Å². The van der Waals surface area contributed by atoms with Crippen molar-refractivity contribution in [3.05, 3.63) is 30.4 Å². The zero-order valence-corrected chi connectivity index (χ0v) is 11.9. The fourth-order valence-electron chi connectivity index (χ4n) is 1.63. The van der Waals surface area contributed by atoms with Crippen LogP contribution in [-0.4, -0.2) is 42.1 Å². The van der Waals surface area contributed by atoms with Crippen LogP contribution in [0, 0.1) is 0 Å². The summed E-state index contributed by atoms with van der Waals surface area (Å²) in [6.07, 6.45) is 1.32. The molecule has 108 valence electrons. The van der Waals surface area contributed by atoms with Crippen molar-refractivity contribution < 1.29 is 13.2 Å². The third-order valence-electron chi connectivity index (χ3n) is 2.75. The van der Waals surface area contributed by atoms with Crippen LogP contribution in [0.15, 0.2) is 29.4 Å². The highest BCUT2D eigenvalue weighted by molar-refractivity contribution is 7.89. The maximum absolute atomic E-state index is 12.4. The zero-order valence-electron chi connectivity index (χ0n) is 11.1. The highest BCUT2D eigenvalue weighted by Crippen LogP contribution is 2.26. The van der Waals surface area contributed by atoms with Crippen LogP contribution in [0.5, 0.6) is 5.75 Å². The zero-order chi connectivity index (χ0) is 14.8. The lowest BCUT2D eigenvalue weighted by molar-refractivity contribution is 0.414. The number of aromatic nitrogens is 3. The molecular formula is C11H15N5O3S. The van der Waals surface area contributed by atoms with E-state index in [2.05, 4.69) is 15.2 Å². The Kier molecular flexibility index (Phi) is 3.91. The van der Waals surface area contributed by atoms with Gasteiger partial charge in [0.15, 0.2) is 0 Å². The van der Waals surface area contributed by atoms with Crippen molar-refractivity contribution in [1.82, 2.24) is 19.5 Å². The summed E-state index contributed by atoms with van der Waals surface area (Å²) in [5, 5.41) is 6.29. The molecule has 0 bridgehead atoms. The maximum atomic E-state index is 12.4. The van der Waals surface area contributed by atoms with Crippen molar-refractivity contribution in [3.8, 4) is 5.75 Å². The van der Waals surface area contributed by atoms with Gasteiger partial charge in [-0.25, -0.2) is 13.4 Å². The number of anilines is 1. The fourth-order valence-corrected chi connectivity index (χ4v) is 2.78. The van der Waals surface area contributed by atoms with E-state index in [1.54, 1.807) is 0 Å². The van der Waals surface area contributed by atoms with Gasteiger partial charge in [0.25, 0.3) is 0 Å². The minimum Gasteiger partial charge on any atom is -0.495 e. The first-order valence-electron chi connectivity index (χ1n) is 5.69. The smallest absolute Gasteiger partial charge is 0.243 e. The SMILES string of the molecule is COc1cc(S(=O)(=O)N(C)Cc2ncn[nH]2)ccc1N. The summed E-state index contributed by atoms with van der Waals surface area (Å²) < 4.78 is 31.0. The Morgan fingerprint density at radius 3 is 2.80 bits per heavy atom. The van der Waals surface area contributed by atoms with Gasteiger partial charge in [0.1, 0.15) is 17.9 Å². The second-order valence-corrected chi connectivity index (χ2v) is 6.14. The quantitative estimate of drug-likeness (QED) is 0.763. The average molecular weight is 297 g/mol. The molecule has 8 nitrogen and oxygen atoms in total. The maximum Gasteiger partial charge on any atom is 0.243 e. The van der Waals surface area contributed by atoms with Gasteiger partial charge in [-0.3, -0.25) is 5.10 Å². The summed E-state index contributed by atoms with van der Waals surface area (Å²) >= 11 is 0. The summed E-state index contributed by atoms with van der Waals surface area (Å²) in [4.78, 5) is 4.00. The molecule has 0 aliphatic rings. The summed E-state index contributed by atoms with van der Waals surface area (Å²) in [5.41, 5.74) is 6.05. The van der Waals surface area contributed by atoms with Gasteiger partial charge in [0, 0.05) is 13.1 Å². The van der Waals surface area contributed by atoms with E-state index in [-0.39, 0.29) is 11.4 Å². The second kappa shape index (κ2) is 5.47. The third-order valence-corrected chi connectivity index (χ3v) is 4.55. The van der Waals surface area contributed by atoms with Crippen LogP contribution in [0.25, 0.3) is 0 Å². The molecule has 20 heavy (non-hydrogen) atoms. The van der Waals surface area contributed by atoms with Gasteiger partial charge in [0.05, 0.1) is 24.2 Å². The molecule has 2 aromatic rings. The average Bonchev–Trinajstić information content (AvgIpc) is 2.91. The number of nitrogens with zero attached hydrogens (tertiary/aromatic N) is 3. The number of ether oxygens (including phenoxy) is 1. The molecule has 0 aliphatic carbocycles. The van der Waals surface area contributed by atoms with Crippen LogP contribution >= 0.6 is 0 Å². The molecule has 1 aromatic carbocycles. The summed E-state index contributed by atoms with van der Waals surface area (Å²) in [6.45, 7) is 0.0923. The first-order valence-corrected chi connectivity index (χ1v) is 7.13. The van der Waals surface area contributed by atoms with Gasteiger partial charge in [0.2, 0.25) is 10.0 Å². The Balaban J connectivity index is 2.29. The van der Waals surface area contributed by atoms with Gasteiger partial charge < -0.3 is 10.5 Å². The van der Waals surface area contributed by atoms with Crippen molar-refractivity contribution in [2.45, 2.75) is 11.4 Å². The van der Waals surface area contributed by atoms with E-state index < -0.39 is 10.0 Å². The number of methoxy groups -OCH3 is 1. The molecule has 0 aliphatic heterocycles. The number of benzene rings is 1. The predicted molar refractivity (Wildman–Crippen MR) is 72.4 cm³/mol. The van der Waals surface area contributed by atoms with Crippen LogP contribution in [0.3, 0.4) is 0 Å². The first-order chi connectivity index (χ1) is 9.45. The minimum absolute atomic E-state index is 0.0923. The second-order valence-electron chi connectivity index (χ2n) is 4.10. The van der Waals surface area contributed by atoms with Crippen molar-refractivity contribution in [2.24, 2.45) is 0 Å². The summed E-state index contributed by atoms with van der Waals surface area (Å²) in [5.74, 6) is 0.776. The summed E-state index contributed by atoms with van der Waals surface area (Å²) in [6, 6.07) is 4.32. The lowest BCUT2D eigenvalue weighted by Gasteiger charge is -2.16. The van der Waals surface area contributed by atoms with E-state index in [1.807, 2.05) is 0 Å². The predicted octanol–water partition coefficient (Wildman–Crippen LogP) is 0.216. The first kappa shape index (κ1) is 14.3. The van der Waals surface area contributed by atoms with Crippen LogP contribution in [-0.2, 0) is 16.6 Å². The number of sulfonamides is 1. The lowest BCUT2D eigenvalue weighted by Crippen LogP contribution is -2.27. The Labute approximate surface area is 116 Å². The molecule has 0 fully saturated rings. The number of aromatic amines is 1. The Morgan fingerprint density at radius 1 is 1.45 bits per heavy atom. The number of rotatable bonds is 5. The molecule has 0 amide bonds. The van der Waals surface area contributed by atoms with Crippen molar-refractivity contribution in [3.63, 3.8) is 0 Å². The monoisotopic (exact) mass is 297 g/mol. The number of hydrogen-bond acceptors (Lipinski definition) is 6. The molecule has 2 rings (SSSR count). The van der Waals surface area contributed by atoms with Crippen LogP contribution in [0.1, 0.15) is 5.82 Å². The Hall–Kier alpha value is -2.13. The van der Waals surface area contributed by atoms with E-state index >= 15 is 0 Å². The molecule has 0 saturated carbocycles. The topological polar surface area (TPSA) is 114 Å². The van der Waals surface area contributed by atoms with E-state index in [9.17, 15) is 8.42 Å². The Morgan fingerprint density at radius 2 is 2.20 bits per heavy atom. The minimum atomic E-state index is -3.65. The summed E-state index contributed by atoms with van der Waals surface area (Å²) in [7, 11) is -0.765. The highest BCUT2D eigenvalue weighted by Gasteiger charge is 2.22. The van der Waals surface area contributed by atoms with Gasteiger partial charge in [-0.15, -0.1) is 0 Å². The molecule has 0 radical (unpaired) electrons.